The highest BCUT2D eigenvalue weighted by Crippen LogP contribution is 2.38. The number of nitrogens with zero attached hydrogens (tertiary/aromatic N) is 4. The van der Waals surface area contributed by atoms with Crippen molar-refractivity contribution in [2.24, 2.45) is 5.73 Å². The number of amides is 2. The lowest BCUT2D eigenvalue weighted by Gasteiger charge is -2.31. The van der Waals surface area contributed by atoms with Gasteiger partial charge in [-0.15, -0.1) is 0 Å². The first-order valence-corrected chi connectivity index (χ1v) is 10.7. The minimum Gasteiger partial charge on any atom is -0.364 e. The van der Waals surface area contributed by atoms with Gasteiger partial charge in [0.1, 0.15) is 11.5 Å². The number of aromatic nitrogens is 3. The number of fused-ring (bicyclic) bond motifs is 1. The Labute approximate surface area is 198 Å². The molecule has 12 heteroatoms. The number of carbonyl (C=O) groups is 2. The number of carbonyl (C=O) groups excluding carboxylic acids is 2. The van der Waals surface area contributed by atoms with Crippen LogP contribution in [-0.2, 0) is 23.9 Å². The summed E-state index contributed by atoms with van der Waals surface area (Å²) in [6, 6.07) is 8.82. The molecule has 1 aliphatic heterocycles. The van der Waals surface area contributed by atoms with Gasteiger partial charge in [-0.25, -0.2) is 4.98 Å². The maximum Gasteiger partial charge on any atom is 0.418 e. The molecule has 0 aliphatic carbocycles. The maximum atomic E-state index is 13.6. The molecule has 0 spiro atoms. The summed E-state index contributed by atoms with van der Waals surface area (Å²) in [6.45, 7) is 2.38. The Bertz CT molecular complexity index is 1270. The van der Waals surface area contributed by atoms with Gasteiger partial charge in [0.2, 0.25) is 12.4 Å². The number of nitrogens with one attached hydrogen (secondary N) is 2. The molecule has 0 saturated heterocycles. The predicted octanol–water partition coefficient (Wildman–Crippen LogP) is 2.72. The van der Waals surface area contributed by atoms with Gasteiger partial charge in [0.25, 0.3) is 5.91 Å². The molecule has 3 heterocycles. The van der Waals surface area contributed by atoms with E-state index in [-0.39, 0.29) is 23.2 Å². The Balaban J connectivity index is 1.68. The number of pyridine rings is 1. The number of primary amides is 1. The first-order valence-electron chi connectivity index (χ1n) is 10.7. The number of benzene rings is 1. The molecule has 1 atom stereocenters. The van der Waals surface area contributed by atoms with E-state index in [9.17, 15) is 22.8 Å². The molecule has 4 rings (SSSR count). The molecule has 1 aliphatic rings. The van der Waals surface area contributed by atoms with Gasteiger partial charge in [-0.2, -0.15) is 18.2 Å². The average Bonchev–Trinajstić information content (AvgIpc) is 2.82. The van der Waals surface area contributed by atoms with Crippen LogP contribution in [0.2, 0.25) is 0 Å². The van der Waals surface area contributed by atoms with E-state index in [1.165, 1.54) is 18.3 Å². The second-order valence-corrected chi connectivity index (χ2v) is 7.97. The lowest BCUT2D eigenvalue weighted by atomic mass is 9.91. The number of halogens is 3. The van der Waals surface area contributed by atoms with Crippen LogP contribution in [-0.4, -0.2) is 40.0 Å². The molecule has 0 fully saturated rings. The van der Waals surface area contributed by atoms with Crippen molar-refractivity contribution in [2.45, 2.75) is 32.2 Å². The second kappa shape index (κ2) is 9.57. The molecule has 0 radical (unpaired) electrons. The van der Waals surface area contributed by atoms with E-state index in [1.54, 1.807) is 19.1 Å². The summed E-state index contributed by atoms with van der Waals surface area (Å²) in [4.78, 5) is 37.1. The molecule has 3 aromatic rings. The van der Waals surface area contributed by atoms with Gasteiger partial charge in [0.05, 0.1) is 17.4 Å². The third kappa shape index (κ3) is 5.15. The van der Waals surface area contributed by atoms with Crippen LogP contribution in [0, 0.1) is 0 Å². The van der Waals surface area contributed by atoms with E-state index >= 15 is 0 Å². The molecule has 2 aromatic heterocycles. The van der Waals surface area contributed by atoms with E-state index in [1.807, 2.05) is 11.0 Å². The third-order valence-electron chi connectivity index (χ3n) is 5.57. The van der Waals surface area contributed by atoms with Gasteiger partial charge in [0, 0.05) is 30.9 Å². The zero-order chi connectivity index (χ0) is 25.2. The van der Waals surface area contributed by atoms with Crippen LogP contribution >= 0.6 is 0 Å². The quantitative estimate of drug-likeness (QED) is 0.347. The summed E-state index contributed by atoms with van der Waals surface area (Å²) < 4.78 is 40.8. The second-order valence-electron chi connectivity index (χ2n) is 7.97. The smallest absolute Gasteiger partial charge is 0.364 e. The minimum absolute atomic E-state index is 0.0151. The highest BCUT2D eigenvalue weighted by molar-refractivity contribution is 5.91. The van der Waals surface area contributed by atoms with E-state index in [0.717, 1.165) is 17.2 Å². The molecule has 4 N–H and O–H groups in total. The summed E-state index contributed by atoms with van der Waals surface area (Å²) in [7, 11) is 0. The highest BCUT2D eigenvalue weighted by atomic mass is 19.4. The normalized spacial score (nSPS) is 14.1. The zero-order valence-electron chi connectivity index (χ0n) is 18.6. The van der Waals surface area contributed by atoms with Gasteiger partial charge in [-0.05, 0) is 36.6 Å². The number of anilines is 2. The Kier molecular flexibility index (Phi) is 6.54. The average molecular weight is 485 g/mol. The standard InChI is InChI=1S/C23H22F3N7O2/c1-13(29-12-34)30-19-10-18(21(27)35)31-22(32-19)33-9-7-15-14(11-33)4-2-5-16(15)20-17(23(24,25)26)6-3-8-28-20/h2-6,8,10,12-13H,7,9,11H2,1H3,(H2,27,35)(H,29,34)(H,30,31,32)/t13-/m0/s1. The predicted molar refractivity (Wildman–Crippen MR) is 122 cm³/mol. The number of hydrogen-bond donors (Lipinski definition) is 3. The molecule has 0 bridgehead atoms. The maximum absolute atomic E-state index is 13.6. The van der Waals surface area contributed by atoms with Crippen LogP contribution in [0.15, 0.2) is 42.6 Å². The van der Waals surface area contributed by atoms with E-state index < -0.39 is 23.8 Å². The first kappa shape index (κ1) is 23.9. The van der Waals surface area contributed by atoms with Crippen LogP contribution < -0.4 is 21.3 Å². The molecule has 35 heavy (non-hydrogen) atoms. The lowest BCUT2D eigenvalue weighted by molar-refractivity contribution is -0.137. The van der Waals surface area contributed by atoms with Crippen molar-refractivity contribution in [3.8, 4) is 11.3 Å². The summed E-state index contributed by atoms with van der Waals surface area (Å²) in [5.74, 6) is -0.234. The van der Waals surface area contributed by atoms with Crippen LogP contribution in [0.25, 0.3) is 11.3 Å². The topological polar surface area (TPSA) is 126 Å². The van der Waals surface area contributed by atoms with Crippen molar-refractivity contribution < 1.29 is 22.8 Å². The van der Waals surface area contributed by atoms with Crippen molar-refractivity contribution >= 4 is 24.1 Å². The number of rotatable bonds is 7. The van der Waals surface area contributed by atoms with Gasteiger partial charge in [0.15, 0.2) is 0 Å². The molecule has 2 amide bonds. The number of nitrogens with two attached hydrogens (primary N) is 1. The summed E-state index contributed by atoms with van der Waals surface area (Å²) >= 11 is 0. The first-order chi connectivity index (χ1) is 16.7. The Morgan fingerprint density at radius 2 is 2.03 bits per heavy atom. The zero-order valence-corrected chi connectivity index (χ0v) is 18.6. The molecule has 1 aromatic carbocycles. The molecule has 0 unspecified atom stereocenters. The van der Waals surface area contributed by atoms with Crippen LogP contribution in [0.3, 0.4) is 0 Å². The van der Waals surface area contributed by atoms with Crippen molar-refractivity contribution in [1.29, 1.82) is 0 Å². The monoisotopic (exact) mass is 485 g/mol. The largest absolute Gasteiger partial charge is 0.418 e. The Morgan fingerprint density at radius 1 is 1.23 bits per heavy atom. The fourth-order valence-corrected chi connectivity index (χ4v) is 3.99. The van der Waals surface area contributed by atoms with Gasteiger partial charge < -0.3 is 21.3 Å². The molecular weight excluding hydrogens is 463 g/mol. The summed E-state index contributed by atoms with van der Waals surface area (Å²) in [5, 5.41) is 5.47. The SMILES string of the molecule is C[C@@H](NC=O)Nc1cc(C(N)=O)nc(N2CCc3c(cccc3-c3ncccc3C(F)(F)F)C2)n1. The molecule has 182 valence electrons. The van der Waals surface area contributed by atoms with Gasteiger partial charge >= 0.3 is 6.18 Å². The number of hydrogen-bond acceptors (Lipinski definition) is 7. The Hall–Kier alpha value is -4.22. The van der Waals surface area contributed by atoms with Crippen molar-refractivity contribution in [3.05, 3.63) is 65.0 Å². The molecular formula is C23H22F3N7O2. The van der Waals surface area contributed by atoms with E-state index in [0.29, 0.717) is 31.5 Å². The lowest BCUT2D eigenvalue weighted by Crippen LogP contribution is -2.35. The van der Waals surface area contributed by atoms with Crippen molar-refractivity contribution in [3.63, 3.8) is 0 Å². The van der Waals surface area contributed by atoms with Crippen molar-refractivity contribution in [2.75, 3.05) is 16.8 Å². The summed E-state index contributed by atoms with van der Waals surface area (Å²) in [5.41, 5.74) is 6.51. The van der Waals surface area contributed by atoms with Crippen LogP contribution in [0.5, 0.6) is 0 Å². The number of alkyl halides is 3. The van der Waals surface area contributed by atoms with E-state index in [2.05, 4.69) is 25.6 Å². The van der Waals surface area contributed by atoms with Gasteiger partial charge in [-0.3, -0.25) is 14.6 Å². The molecule has 9 nitrogen and oxygen atoms in total. The Morgan fingerprint density at radius 3 is 2.74 bits per heavy atom. The summed E-state index contributed by atoms with van der Waals surface area (Å²) in [6.07, 6.45) is -2.72. The van der Waals surface area contributed by atoms with E-state index in [4.69, 9.17) is 5.73 Å². The molecule has 0 saturated carbocycles. The highest BCUT2D eigenvalue weighted by Gasteiger charge is 2.35. The fourth-order valence-electron chi connectivity index (χ4n) is 3.99. The van der Waals surface area contributed by atoms with Crippen LogP contribution in [0.1, 0.15) is 34.1 Å². The van der Waals surface area contributed by atoms with Crippen LogP contribution in [0.4, 0.5) is 24.9 Å². The van der Waals surface area contributed by atoms with Gasteiger partial charge in [-0.1, -0.05) is 18.2 Å². The minimum atomic E-state index is -4.53. The third-order valence-corrected chi connectivity index (χ3v) is 5.57. The fraction of sp³-hybridized carbons (Fsp3) is 0.261. The van der Waals surface area contributed by atoms with Crippen molar-refractivity contribution in [1.82, 2.24) is 20.3 Å².